The molecular formula is C16H17ClN4. The number of nitrogens with zero attached hydrogens (tertiary/aromatic N) is 4. The number of aromatic nitrogens is 2. The number of rotatable bonds is 4. The lowest BCUT2D eigenvalue weighted by molar-refractivity contribution is 0.242. The summed E-state index contributed by atoms with van der Waals surface area (Å²) in [6.45, 7) is 3.39. The van der Waals surface area contributed by atoms with Gasteiger partial charge in [0.25, 0.3) is 0 Å². The van der Waals surface area contributed by atoms with Crippen LogP contribution in [0.4, 0.5) is 0 Å². The summed E-state index contributed by atoms with van der Waals surface area (Å²) < 4.78 is 1.90. The fraction of sp³-hybridized carbons (Fsp3) is 0.375. The minimum atomic E-state index is 0.470. The van der Waals surface area contributed by atoms with Crippen molar-refractivity contribution in [2.24, 2.45) is 0 Å². The molecule has 0 amide bonds. The molecule has 21 heavy (non-hydrogen) atoms. The molecule has 108 valence electrons. The molecule has 0 saturated heterocycles. The second kappa shape index (κ2) is 6.30. The number of nitriles is 1. The van der Waals surface area contributed by atoms with Gasteiger partial charge in [-0.3, -0.25) is 9.58 Å². The van der Waals surface area contributed by atoms with Crippen LogP contribution in [0, 0.1) is 11.3 Å². The minimum Gasteiger partial charge on any atom is -0.294 e. The summed E-state index contributed by atoms with van der Waals surface area (Å²) in [5.74, 6) is 0. The SMILES string of the molecule is N#CCCn1nc(Cl)c2c1CCN(Cc1ccccc1)C2. The van der Waals surface area contributed by atoms with Crippen LogP contribution in [0.3, 0.4) is 0 Å². The Balaban J connectivity index is 1.74. The summed E-state index contributed by atoms with van der Waals surface area (Å²) in [6.07, 6.45) is 1.41. The van der Waals surface area contributed by atoms with Gasteiger partial charge in [-0.2, -0.15) is 10.4 Å². The first kappa shape index (κ1) is 14.1. The van der Waals surface area contributed by atoms with Gasteiger partial charge in [-0.1, -0.05) is 41.9 Å². The summed E-state index contributed by atoms with van der Waals surface area (Å²) in [5.41, 5.74) is 3.63. The molecule has 1 aliphatic heterocycles. The fourth-order valence-corrected chi connectivity index (χ4v) is 3.08. The quantitative estimate of drug-likeness (QED) is 0.872. The van der Waals surface area contributed by atoms with Gasteiger partial charge in [0.05, 0.1) is 19.0 Å². The van der Waals surface area contributed by atoms with E-state index in [2.05, 4.69) is 40.3 Å². The Hall–Kier alpha value is -1.83. The molecule has 0 bridgehead atoms. The molecule has 5 heteroatoms. The van der Waals surface area contributed by atoms with Crippen molar-refractivity contribution in [3.05, 3.63) is 52.3 Å². The van der Waals surface area contributed by atoms with Gasteiger partial charge in [-0.25, -0.2) is 0 Å². The van der Waals surface area contributed by atoms with E-state index in [1.165, 1.54) is 11.3 Å². The highest BCUT2D eigenvalue weighted by atomic mass is 35.5. The van der Waals surface area contributed by atoms with Crippen LogP contribution in [-0.2, 0) is 26.1 Å². The number of benzene rings is 1. The first-order valence-electron chi connectivity index (χ1n) is 7.15. The molecular weight excluding hydrogens is 284 g/mol. The standard InChI is InChI=1S/C16H17ClN4/c17-16-14-12-20(11-13-5-2-1-3-6-13)10-7-15(14)21(19-16)9-4-8-18/h1-3,5-6H,4,7,9-12H2. The van der Waals surface area contributed by atoms with Crippen LogP contribution in [0.1, 0.15) is 23.2 Å². The average Bonchev–Trinajstić information content (AvgIpc) is 2.82. The third-order valence-electron chi connectivity index (χ3n) is 3.85. The van der Waals surface area contributed by atoms with Crippen molar-refractivity contribution in [3.63, 3.8) is 0 Å². The zero-order chi connectivity index (χ0) is 14.7. The molecule has 1 aliphatic rings. The van der Waals surface area contributed by atoms with E-state index in [9.17, 15) is 0 Å². The normalized spacial score (nSPS) is 14.7. The van der Waals surface area contributed by atoms with Crippen molar-refractivity contribution in [2.75, 3.05) is 6.54 Å². The highest BCUT2D eigenvalue weighted by molar-refractivity contribution is 6.30. The zero-order valence-electron chi connectivity index (χ0n) is 11.8. The van der Waals surface area contributed by atoms with Gasteiger partial charge in [0.1, 0.15) is 0 Å². The van der Waals surface area contributed by atoms with Crippen LogP contribution >= 0.6 is 11.6 Å². The summed E-state index contributed by atoms with van der Waals surface area (Å²) in [5, 5.41) is 13.7. The van der Waals surface area contributed by atoms with E-state index < -0.39 is 0 Å². The van der Waals surface area contributed by atoms with Crippen LogP contribution in [0.2, 0.25) is 5.15 Å². The van der Waals surface area contributed by atoms with Crippen molar-refractivity contribution in [3.8, 4) is 6.07 Å². The third-order valence-corrected chi connectivity index (χ3v) is 4.15. The Kier molecular flexibility index (Phi) is 4.23. The summed E-state index contributed by atoms with van der Waals surface area (Å²) >= 11 is 6.27. The van der Waals surface area contributed by atoms with Gasteiger partial charge < -0.3 is 0 Å². The Labute approximate surface area is 129 Å². The summed E-state index contributed by atoms with van der Waals surface area (Å²) in [7, 11) is 0. The zero-order valence-corrected chi connectivity index (χ0v) is 12.6. The minimum absolute atomic E-state index is 0.470. The smallest absolute Gasteiger partial charge is 0.155 e. The van der Waals surface area contributed by atoms with Crippen molar-refractivity contribution < 1.29 is 0 Å². The number of hydrogen-bond donors (Lipinski definition) is 0. The predicted octanol–water partition coefficient (Wildman–Crippen LogP) is 3.01. The maximum absolute atomic E-state index is 8.71. The van der Waals surface area contributed by atoms with E-state index in [0.717, 1.165) is 31.6 Å². The fourth-order valence-electron chi connectivity index (χ4n) is 2.82. The monoisotopic (exact) mass is 300 g/mol. The van der Waals surface area contributed by atoms with Gasteiger partial charge in [-0.15, -0.1) is 0 Å². The molecule has 1 aromatic carbocycles. The first-order valence-corrected chi connectivity index (χ1v) is 7.53. The van der Waals surface area contributed by atoms with Gasteiger partial charge in [0.15, 0.2) is 5.15 Å². The van der Waals surface area contributed by atoms with Gasteiger partial charge in [-0.05, 0) is 5.56 Å². The molecule has 0 atom stereocenters. The number of aryl methyl sites for hydroxylation is 1. The van der Waals surface area contributed by atoms with Crippen LogP contribution in [0.25, 0.3) is 0 Å². The van der Waals surface area contributed by atoms with E-state index in [1.807, 2.05) is 10.7 Å². The molecule has 0 N–H and O–H groups in total. The van der Waals surface area contributed by atoms with Crippen molar-refractivity contribution in [1.29, 1.82) is 5.26 Å². The van der Waals surface area contributed by atoms with Crippen molar-refractivity contribution in [1.82, 2.24) is 14.7 Å². The molecule has 1 aromatic heterocycles. The largest absolute Gasteiger partial charge is 0.294 e. The van der Waals surface area contributed by atoms with E-state index in [0.29, 0.717) is 18.1 Å². The average molecular weight is 301 g/mol. The highest BCUT2D eigenvalue weighted by Crippen LogP contribution is 2.27. The Morgan fingerprint density at radius 3 is 2.86 bits per heavy atom. The topological polar surface area (TPSA) is 44.9 Å². The first-order chi connectivity index (χ1) is 10.3. The third kappa shape index (κ3) is 3.10. The van der Waals surface area contributed by atoms with Crippen LogP contribution in [0.15, 0.2) is 30.3 Å². The molecule has 0 fully saturated rings. The van der Waals surface area contributed by atoms with Crippen LogP contribution in [0.5, 0.6) is 0 Å². The molecule has 0 aliphatic carbocycles. The lowest BCUT2D eigenvalue weighted by Gasteiger charge is -2.27. The maximum Gasteiger partial charge on any atom is 0.155 e. The Bertz CT molecular complexity index is 657. The second-order valence-electron chi connectivity index (χ2n) is 5.29. The Morgan fingerprint density at radius 2 is 2.10 bits per heavy atom. The molecule has 3 rings (SSSR count). The van der Waals surface area contributed by atoms with Gasteiger partial charge in [0.2, 0.25) is 0 Å². The maximum atomic E-state index is 8.71. The molecule has 4 nitrogen and oxygen atoms in total. The highest BCUT2D eigenvalue weighted by Gasteiger charge is 2.24. The second-order valence-corrected chi connectivity index (χ2v) is 5.65. The van der Waals surface area contributed by atoms with Crippen LogP contribution < -0.4 is 0 Å². The molecule has 0 saturated carbocycles. The number of fused-ring (bicyclic) bond motifs is 1. The summed E-state index contributed by atoms with van der Waals surface area (Å²) in [4.78, 5) is 2.39. The van der Waals surface area contributed by atoms with E-state index in [1.54, 1.807) is 0 Å². The van der Waals surface area contributed by atoms with E-state index in [-0.39, 0.29) is 0 Å². The number of halogens is 1. The van der Waals surface area contributed by atoms with E-state index in [4.69, 9.17) is 16.9 Å². The van der Waals surface area contributed by atoms with Crippen molar-refractivity contribution >= 4 is 11.6 Å². The molecule has 2 heterocycles. The van der Waals surface area contributed by atoms with Crippen molar-refractivity contribution in [2.45, 2.75) is 32.5 Å². The molecule has 2 aromatic rings. The van der Waals surface area contributed by atoms with Gasteiger partial charge >= 0.3 is 0 Å². The lowest BCUT2D eigenvalue weighted by atomic mass is 10.1. The van der Waals surface area contributed by atoms with E-state index >= 15 is 0 Å². The summed E-state index contributed by atoms with van der Waals surface area (Å²) in [6, 6.07) is 12.6. The predicted molar refractivity (Wildman–Crippen MR) is 81.7 cm³/mol. The Morgan fingerprint density at radius 1 is 1.29 bits per heavy atom. The molecule has 0 radical (unpaired) electrons. The van der Waals surface area contributed by atoms with Crippen LogP contribution in [-0.4, -0.2) is 21.2 Å². The number of hydrogen-bond acceptors (Lipinski definition) is 3. The molecule has 0 spiro atoms. The molecule has 0 unspecified atom stereocenters. The lowest BCUT2D eigenvalue weighted by Crippen LogP contribution is -2.30. The van der Waals surface area contributed by atoms with Gasteiger partial charge in [0, 0.05) is 37.3 Å².